The molecule has 5 heteroatoms. The molecule has 0 aromatic carbocycles. The molecule has 0 N–H and O–H groups in total. The first kappa shape index (κ1) is 11.5. The highest BCUT2D eigenvalue weighted by atomic mass is 31.2. The minimum atomic E-state index is -3.45. The van der Waals surface area contributed by atoms with Crippen LogP contribution in [0.5, 0.6) is 0 Å². The second kappa shape index (κ2) is 5.33. The van der Waals surface area contributed by atoms with Crippen molar-refractivity contribution < 1.29 is 18.1 Å². The summed E-state index contributed by atoms with van der Waals surface area (Å²) in [6, 6.07) is 0. The first-order valence-electron chi connectivity index (χ1n) is 4.38. The molecule has 0 fully saturated rings. The van der Waals surface area contributed by atoms with Gasteiger partial charge in [-0.05, 0) is 13.3 Å². The van der Waals surface area contributed by atoms with Crippen molar-refractivity contribution in [3.63, 3.8) is 0 Å². The molecule has 78 valence electrons. The largest absolute Gasteiger partial charge is 0.476 e. The van der Waals surface area contributed by atoms with Gasteiger partial charge in [0.05, 0.1) is 12.7 Å². The van der Waals surface area contributed by atoms with Gasteiger partial charge in [0.15, 0.2) is 0 Å². The lowest BCUT2D eigenvalue weighted by Gasteiger charge is -2.23. The smallest absolute Gasteiger partial charge is 0.287 e. The third kappa shape index (κ3) is 3.28. The van der Waals surface area contributed by atoms with Crippen LogP contribution in [0.4, 0.5) is 0 Å². The van der Waals surface area contributed by atoms with Gasteiger partial charge in [0, 0.05) is 0 Å². The van der Waals surface area contributed by atoms with Crippen LogP contribution in [-0.4, -0.2) is 19.3 Å². The van der Waals surface area contributed by atoms with E-state index in [0.717, 1.165) is 6.42 Å². The second-order valence-electron chi connectivity index (χ2n) is 2.65. The van der Waals surface area contributed by atoms with Crippen LogP contribution in [0.1, 0.15) is 13.3 Å². The van der Waals surface area contributed by atoms with Crippen molar-refractivity contribution in [2.75, 3.05) is 13.2 Å². The Morgan fingerprint density at radius 1 is 1.64 bits per heavy atom. The zero-order valence-corrected chi connectivity index (χ0v) is 8.91. The van der Waals surface area contributed by atoms with Crippen molar-refractivity contribution in [2.24, 2.45) is 0 Å². The summed E-state index contributed by atoms with van der Waals surface area (Å²) >= 11 is 0. The van der Waals surface area contributed by atoms with Gasteiger partial charge in [0.2, 0.25) is 0 Å². The van der Waals surface area contributed by atoms with E-state index in [1.165, 1.54) is 0 Å². The Kier molecular flexibility index (Phi) is 4.37. The molecule has 0 heterocycles. The van der Waals surface area contributed by atoms with Crippen LogP contribution < -0.4 is 0 Å². The summed E-state index contributed by atoms with van der Waals surface area (Å²) in [7, 11) is -3.45. The van der Waals surface area contributed by atoms with Crippen LogP contribution >= 0.6 is 7.82 Å². The summed E-state index contributed by atoms with van der Waals surface area (Å²) in [4.78, 5) is 0. The van der Waals surface area contributed by atoms with E-state index in [1.54, 1.807) is 13.0 Å². The van der Waals surface area contributed by atoms with E-state index < -0.39 is 7.82 Å². The number of rotatable bonds is 6. The third-order valence-electron chi connectivity index (χ3n) is 1.58. The molecule has 1 rings (SSSR count). The van der Waals surface area contributed by atoms with E-state index in [4.69, 9.17) is 20.0 Å². The molecule has 1 aliphatic rings. The standard InChI is InChI=1S/C9H13O4P/c1-3-8-12-14(10,11-4-2)13-9-6-5-7-9/h1,5-6,9H,4,7-8H2,2H3. The van der Waals surface area contributed by atoms with Gasteiger partial charge in [-0.1, -0.05) is 18.1 Å². The first-order valence-corrected chi connectivity index (χ1v) is 5.84. The van der Waals surface area contributed by atoms with Gasteiger partial charge in [-0.25, -0.2) is 4.57 Å². The lowest BCUT2D eigenvalue weighted by atomic mass is 10.1. The quantitative estimate of drug-likeness (QED) is 0.387. The topological polar surface area (TPSA) is 44.8 Å². The van der Waals surface area contributed by atoms with Crippen molar-refractivity contribution in [1.29, 1.82) is 0 Å². The molecule has 0 radical (unpaired) electrons. The van der Waals surface area contributed by atoms with Gasteiger partial charge >= 0.3 is 7.82 Å². The van der Waals surface area contributed by atoms with Crippen LogP contribution in [0.15, 0.2) is 12.2 Å². The van der Waals surface area contributed by atoms with Crippen molar-refractivity contribution in [3.8, 4) is 12.3 Å². The molecule has 0 aliphatic heterocycles. The van der Waals surface area contributed by atoms with Crippen LogP contribution in [-0.2, 0) is 18.1 Å². The molecular weight excluding hydrogens is 203 g/mol. The highest BCUT2D eigenvalue weighted by Gasteiger charge is 2.30. The van der Waals surface area contributed by atoms with Crippen LogP contribution in [0, 0.1) is 12.3 Å². The summed E-state index contributed by atoms with van der Waals surface area (Å²) < 4.78 is 26.7. The summed E-state index contributed by atoms with van der Waals surface area (Å²) in [6.07, 6.45) is 9.26. The molecule has 0 amide bonds. The van der Waals surface area contributed by atoms with Gasteiger partial charge in [-0.3, -0.25) is 13.6 Å². The average molecular weight is 216 g/mol. The van der Waals surface area contributed by atoms with Crippen LogP contribution in [0.2, 0.25) is 0 Å². The Morgan fingerprint density at radius 3 is 2.79 bits per heavy atom. The maximum absolute atomic E-state index is 11.8. The molecule has 4 nitrogen and oxygen atoms in total. The predicted molar refractivity (Wildman–Crippen MR) is 52.6 cm³/mol. The molecule has 0 aromatic rings. The Balaban J connectivity index is 2.47. The van der Waals surface area contributed by atoms with Gasteiger partial charge in [-0.2, -0.15) is 0 Å². The molecule has 1 aliphatic carbocycles. The SMILES string of the molecule is C#CCOP(=O)(OCC)OC1C=CC1. The van der Waals surface area contributed by atoms with Crippen molar-refractivity contribution in [1.82, 2.24) is 0 Å². The van der Waals surface area contributed by atoms with Crippen molar-refractivity contribution in [2.45, 2.75) is 19.4 Å². The van der Waals surface area contributed by atoms with Gasteiger partial charge in [-0.15, -0.1) is 6.42 Å². The highest BCUT2D eigenvalue weighted by molar-refractivity contribution is 7.48. The predicted octanol–water partition coefficient (Wildman–Crippen LogP) is 2.13. The summed E-state index contributed by atoms with van der Waals surface area (Å²) in [5.41, 5.74) is 0. The Labute approximate surface area is 83.9 Å². The molecule has 2 atom stereocenters. The van der Waals surface area contributed by atoms with E-state index in [-0.39, 0.29) is 19.3 Å². The molecule has 14 heavy (non-hydrogen) atoms. The monoisotopic (exact) mass is 216 g/mol. The molecule has 2 unspecified atom stereocenters. The first-order chi connectivity index (χ1) is 6.70. The van der Waals surface area contributed by atoms with E-state index in [9.17, 15) is 4.57 Å². The maximum Gasteiger partial charge on any atom is 0.476 e. The summed E-state index contributed by atoms with van der Waals surface area (Å²) in [5, 5.41) is 0. The maximum atomic E-state index is 11.8. The fraction of sp³-hybridized carbons (Fsp3) is 0.556. The van der Waals surface area contributed by atoms with Crippen molar-refractivity contribution >= 4 is 7.82 Å². The number of terminal acetylenes is 1. The second-order valence-corrected chi connectivity index (χ2v) is 4.27. The fourth-order valence-corrected chi connectivity index (χ4v) is 2.10. The lowest BCUT2D eigenvalue weighted by Crippen LogP contribution is -2.15. The van der Waals surface area contributed by atoms with E-state index in [2.05, 4.69) is 5.92 Å². The van der Waals surface area contributed by atoms with E-state index >= 15 is 0 Å². The van der Waals surface area contributed by atoms with Crippen LogP contribution in [0.25, 0.3) is 0 Å². The van der Waals surface area contributed by atoms with Crippen LogP contribution in [0.3, 0.4) is 0 Å². The van der Waals surface area contributed by atoms with Gasteiger partial charge < -0.3 is 0 Å². The van der Waals surface area contributed by atoms with E-state index in [0.29, 0.717) is 0 Å². The zero-order chi connectivity index (χ0) is 10.4. The summed E-state index contributed by atoms with van der Waals surface area (Å²) in [5.74, 6) is 2.22. The highest BCUT2D eigenvalue weighted by Crippen LogP contribution is 2.51. The Hall–Kier alpha value is -0.590. The van der Waals surface area contributed by atoms with Crippen molar-refractivity contribution in [3.05, 3.63) is 12.2 Å². The minimum Gasteiger partial charge on any atom is -0.287 e. The fourth-order valence-electron chi connectivity index (χ4n) is 0.864. The lowest BCUT2D eigenvalue weighted by molar-refractivity contribution is 0.101. The summed E-state index contributed by atoms with van der Waals surface area (Å²) in [6.45, 7) is 1.90. The number of phosphoric ester groups is 1. The van der Waals surface area contributed by atoms with Gasteiger partial charge in [0.1, 0.15) is 6.61 Å². The molecule has 0 spiro atoms. The van der Waals surface area contributed by atoms with E-state index in [1.807, 2.05) is 6.08 Å². The third-order valence-corrected chi connectivity index (χ3v) is 3.13. The molecular formula is C9H13O4P. The number of hydrogen-bond acceptors (Lipinski definition) is 4. The number of phosphoric acid groups is 1. The Bertz CT molecular complexity index is 292. The average Bonchev–Trinajstić information content (AvgIpc) is 2.09. The zero-order valence-electron chi connectivity index (χ0n) is 8.01. The molecule has 0 saturated carbocycles. The van der Waals surface area contributed by atoms with Gasteiger partial charge in [0.25, 0.3) is 0 Å². The molecule has 0 bridgehead atoms. The normalized spacial score (nSPS) is 23.6. The minimum absolute atomic E-state index is 0.0757. The molecule has 0 aromatic heterocycles. The molecule has 0 saturated heterocycles. The number of hydrogen-bond donors (Lipinski definition) is 0. The Morgan fingerprint density at radius 2 is 2.36 bits per heavy atom.